The second-order valence-corrected chi connectivity index (χ2v) is 8.11. The molecule has 5 rings (SSSR count). The summed E-state index contributed by atoms with van der Waals surface area (Å²) in [6.07, 6.45) is 2.49. The number of anilines is 1. The summed E-state index contributed by atoms with van der Waals surface area (Å²) in [6, 6.07) is 10.5. The highest BCUT2D eigenvalue weighted by molar-refractivity contribution is 5.74. The summed E-state index contributed by atoms with van der Waals surface area (Å²) in [5.41, 5.74) is 12.5. The maximum absolute atomic E-state index is 6.27. The second-order valence-electron chi connectivity index (χ2n) is 8.11. The van der Waals surface area contributed by atoms with Crippen molar-refractivity contribution < 1.29 is 0 Å². The monoisotopic (exact) mass is 374 g/mol. The van der Waals surface area contributed by atoms with Crippen molar-refractivity contribution >= 4 is 5.69 Å². The standard InChI is InChI=1S/C22H26N6/c1-14-3-8-20(24-15(14)2)18-11-16(4-7-19(18)23)12-27-9-10-28-21(13-27)25-22(26-28)17-5-6-17/h3-4,7-8,11,17H,5-6,9-10,12-13,23H2,1-2H3. The Labute approximate surface area is 165 Å². The molecule has 2 N–H and O–H groups in total. The molecule has 28 heavy (non-hydrogen) atoms. The third-order valence-corrected chi connectivity index (χ3v) is 5.85. The molecule has 3 heterocycles. The first-order valence-electron chi connectivity index (χ1n) is 10.1. The Morgan fingerprint density at radius 3 is 2.71 bits per heavy atom. The molecule has 3 aromatic rings. The molecular formula is C22H26N6. The summed E-state index contributed by atoms with van der Waals surface area (Å²) in [4.78, 5) is 11.9. The van der Waals surface area contributed by atoms with Crippen molar-refractivity contribution in [2.45, 2.75) is 52.2 Å². The van der Waals surface area contributed by atoms with Crippen molar-refractivity contribution in [2.24, 2.45) is 0 Å². The van der Waals surface area contributed by atoms with Crippen LogP contribution in [0.4, 0.5) is 5.69 Å². The van der Waals surface area contributed by atoms with Crippen LogP contribution < -0.4 is 5.73 Å². The lowest BCUT2D eigenvalue weighted by Gasteiger charge is -2.26. The Morgan fingerprint density at radius 1 is 1.07 bits per heavy atom. The second kappa shape index (κ2) is 6.71. The Kier molecular flexibility index (Phi) is 4.16. The quantitative estimate of drug-likeness (QED) is 0.708. The average molecular weight is 374 g/mol. The van der Waals surface area contributed by atoms with E-state index in [0.717, 1.165) is 60.5 Å². The first-order valence-corrected chi connectivity index (χ1v) is 10.1. The van der Waals surface area contributed by atoms with Crippen molar-refractivity contribution in [3.8, 4) is 11.3 Å². The minimum atomic E-state index is 0.608. The lowest BCUT2D eigenvalue weighted by atomic mass is 10.0. The van der Waals surface area contributed by atoms with Crippen LogP contribution in [0.15, 0.2) is 30.3 Å². The van der Waals surface area contributed by atoms with E-state index < -0.39 is 0 Å². The molecule has 2 aromatic heterocycles. The van der Waals surface area contributed by atoms with E-state index in [1.165, 1.54) is 24.0 Å². The van der Waals surface area contributed by atoms with Crippen molar-refractivity contribution in [1.29, 1.82) is 0 Å². The molecule has 1 aliphatic carbocycles. The van der Waals surface area contributed by atoms with Gasteiger partial charge in [0, 0.05) is 36.0 Å². The molecule has 0 amide bonds. The summed E-state index contributed by atoms with van der Waals surface area (Å²) in [7, 11) is 0. The summed E-state index contributed by atoms with van der Waals surface area (Å²) >= 11 is 0. The molecule has 144 valence electrons. The summed E-state index contributed by atoms with van der Waals surface area (Å²) < 4.78 is 2.09. The minimum Gasteiger partial charge on any atom is -0.398 e. The third kappa shape index (κ3) is 3.29. The van der Waals surface area contributed by atoms with Gasteiger partial charge < -0.3 is 5.73 Å². The van der Waals surface area contributed by atoms with Crippen molar-refractivity contribution in [2.75, 3.05) is 12.3 Å². The summed E-state index contributed by atoms with van der Waals surface area (Å²) in [5, 5.41) is 4.69. The molecular weight excluding hydrogens is 348 g/mol. The van der Waals surface area contributed by atoms with Crippen molar-refractivity contribution in [3.05, 3.63) is 58.8 Å². The fourth-order valence-corrected chi connectivity index (χ4v) is 3.82. The normalized spacial score (nSPS) is 16.9. The zero-order chi connectivity index (χ0) is 19.3. The van der Waals surface area contributed by atoms with Gasteiger partial charge in [0.25, 0.3) is 0 Å². The number of rotatable bonds is 4. The number of nitrogens with zero attached hydrogens (tertiary/aromatic N) is 5. The van der Waals surface area contributed by atoms with Gasteiger partial charge in [-0.2, -0.15) is 5.10 Å². The van der Waals surface area contributed by atoms with Gasteiger partial charge in [0.2, 0.25) is 0 Å². The molecule has 1 fully saturated rings. The first kappa shape index (κ1) is 17.4. The maximum Gasteiger partial charge on any atom is 0.154 e. The molecule has 0 saturated heterocycles. The summed E-state index contributed by atoms with van der Waals surface area (Å²) in [5.74, 6) is 2.75. The van der Waals surface area contributed by atoms with E-state index in [0.29, 0.717) is 5.92 Å². The largest absolute Gasteiger partial charge is 0.398 e. The molecule has 6 heteroatoms. The van der Waals surface area contributed by atoms with E-state index in [2.05, 4.69) is 45.9 Å². The van der Waals surface area contributed by atoms with Crippen LogP contribution in [-0.2, 0) is 19.6 Å². The molecule has 0 bridgehead atoms. The number of aromatic nitrogens is 4. The lowest BCUT2D eigenvalue weighted by Crippen LogP contribution is -2.33. The molecule has 1 saturated carbocycles. The molecule has 2 aliphatic rings. The van der Waals surface area contributed by atoms with E-state index in [-0.39, 0.29) is 0 Å². The third-order valence-electron chi connectivity index (χ3n) is 5.85. The van der Waals surface area contributed by atoms with E-state index in [4.69, 9.17) is 15.7 Å². The summed E-state index contributed by atoms with van der Waals surface area (Å²) in [6.45, 7) is 7.75. The van der Waals surface area contributed by atoms with Gasteiger partial charge >= 0.3 is 0 Å². The highest BCUT2D eigenvalue weighted by Crippen LogP contribution is 2.38. The van der Waals surface area contributed by atoms with Gasteiger partial charge in [0.05, 0.1) is 18.8 Å². The number of aryl methyl sites for hydroxylation is 2. The van der Waals surface area contributed by atoms with E-state index in [1.54, 1.807) is 0 Å². The maximum atomic E-state index is 6.27. The molecule has 0 spiro atoms. The Bertz CT molecular complexity index is 1030. The number of fused-ring (bicyclic) bond motifs is 1. The first-order chi connectivity index (χ1) is 13.6. The Hall–Kier alpha value is -2.73. The van der Waals surface area contributed by atoms with Gasteiger partial charge in [-0.3, -0.25) is 9.88 Å². The van der Waals surface area contributed by atoms with Crippen LogP contribution in [0.2, 0.25) is 0 Å². The van der Waals surface area contributed by atoms with Crippen LogP contribution in [0.5, 0.6) is 0 Å². The predicted octanol–water partition coefficient (Wildman–Crippen LogP) is 3.43. The van der Waals surface area contributed by atoms with Crippen LogP contribution in [0.3, 0.4) is 0 Å². The zero-order valence-electron chi connectivity index (χ0n) is 16.5. The molecule has 1 aliphatic heterocycles. The van der Waals surface area contributed by atoms with Gasteiger partial charge in [0.1, 0.15) is 5.82 Å². The van der Waals surface area contributed by atoms with Gasteiger partial charge in [-0.15, -0.1) is 0 Å². The minimum absolute atomic E-state index is 0.608. The fourth-order valence-electron chi connectivity index (χ4n) is 3.82. The molecule has 1 aromatic carbocycles. The van der Waals surface area contributed by atoms with Gasteiger partial charge in [-0.05, 0) is 56.0 Å². The highest BCUT2D eigenvalue weighted by Gasteiger charge is 2.30. The van der Waals surface area contributed by atoms with Crippen LogP contribution in [0.25, 0.3) is 11.3 Å². The molecule has 0 radical (unpaired) electrons. The number of hydrogen-bond acceptors (Lipinski definition) is 5. The number of nitrogen functional groups attached to an aromatic ring is 1. The van der Waals surface area contributed by atoms with Gasteiger partial charge in [0.15, 0.2) is 5.82 Å². The highest BCUT2D eigenvalue weighted by atomic mass is 15.4. The SMILES string of the molecule is Cc1ccc(-c2cc(CN3CCn4nc(C5CC5)nc4C3)ccc2N)nc1C. The Balaban J connectivity index is 1.36. The van der Waals surface area contributed by atoms with E-state index >= 15 is 0 Å². The topological polar surface area (TPSA) is 72.9 Å². The lowest BCUT2D eigenvalue weighted by molar-refractivity contribution is 0.201. The van der Waals surface area contributed by atoms with Crippen LogP contribution >= 0.6 is 0 Å². The Morgan fingerprint density at radius 2 is 1.93 bits per heavy atom. The number of benzene rings is 1. The molecule has 0 atom stereocenters. The van der Waals surface area contributed by atoms with Crippen molar-refractivity contribution in [1.82, 2.24) is 24.6 Å². The fraction of sp³-hybridized carbons (Fsp3) is 0.409. The van der Waals surface area contributed by atoms with E-state index in [9.17, 15) is 0 Å². The van der Waals surface area contributed by atoms with Crippen LogP contribution in [0, 0.1) is 13.8 Å². The average Bonchev–Trinajstić information content (AvgIpc) is 3.45. The van der Waals surface area contributed by atoms with Gasteiger partial charge in [-0.1, -0.05) is 12.1 Å². The predicted molar refractivity (Wildman–Crippen MR) is 110 cm³/mol. The molecule has 0 unspecified atom stereocenters. The zero-order valence-corrected chi connectivity index (χ0v) is 16.5. The number of hydrogen-bond donors (Lipinski definition) is 1. The number of nitrogens with two attached hydrogens (primary N) is 1. The van der Waals surface area contributed by atoms with Crippen LogP contribution in [-0.4, -0.2) is 31.2 Å². The van der Waals surface area contributed by atoms with Crippen molar-refractivity contribution in [3.63, 3.8) is 0 Å². The number of pyridine rings is 1. The van der Waals surface area contributed by atoms with E-state index in [1.807, 2.05) is 13.0 Å². The van der Waals surface area contributed by atoms with Crippen LogP contribution in [0.1, 0.15) is 47.2 Å². The smallest absolute Gasteiger partial charge is 0.154 e. The molecule has 6 nitrogen and oxygen atoms in total. The van der Waals surface area contributed by atoms with Gasteiger partial charge in [-0.25, -0.2) is 9.67 Å².